The van der Waals surface area contributed by atoms with Crippen LogP contribution >= 0.6 is 0 Å². The average Bonchev–Trinajstić information content (AvgIpc) is 2.31. The van der Waals surface area contributed by atoms with Gasteiger partial charge in [-0.15, -0.1) is 0 Å². The van der Waals surface area contributed by atoms with E-state index in [4.69, 9.17) is 5.11 Å². The molecule has 16 heavy (non-hydrogen) atoms. The Labute approximate surface area is 101 Å². The predicted molar refractivity (Wildman–Crippen MR) is 72.6 cm³/mol. The van der Waals surface area contributed by atoms with Crippen LogP contribution in [0.5, 0.6) is 0 Å². The Bertz CT molecular complexity index is 170. The van der Waals surface area contributed by atoms with Gasteiger partial charge in [0.25, 0.3) is 0 Å². The van der Waals surface area contributed by atoms with Gasteiger partial charge >= 0.3 is 0 Å². The van der Waals surface area contributed by atoms with E-state index < -0.39 is 0 Å². The molecule has 0 aliphatic rings. The average molecular weight is 224 g/mol. The highest BCUT2D eigenvalue weighted by Crippen LogP contribution is 2.09. The van der Waals surface area contributed by atoms with E-state index in [1.54, 1.807) is 0 Å². The minimum Gasteiger partial charge on any atom is -0.396 e. The van der Waals surface area contributed by atoms with Crippen LogP contribution in [0.2, 0.25) is 0 Å². The molecule has 0 bridgehead atoms. The Morgan fingerprint density at radius 2 is 1.31 bits per heavy atom. The minimum absolute atomic E-state index is 0.360. The molecule has 94 valence electrons. The zero-order valence-electron chi connectivity index (χ0n) is 10.8. The number of hydrogen-bond acceptors (Lipinski definition) is 1. The van der Waals surface area contributed by atoms with Crippen molar-refractivity contribution in [3.05, 3.63) is 24.3 Å². The molecule has 0 aliphatic carbocycles. The summed E-state index contributed by atoms with van der Waals surface area (Å²) in [6, 6.07) is 0. The van der Waals surface area contributed by atoms with E-state index in [2.05, 4.69) is 24.3 Å². The highest BCUT2D eigenvalue weighted by atomic mass is 16.2. The summed E-state index contributed by atoms with van der Waals surface area (Å²) in [6.45, 7) is 2.40. The lowest BCUT2D eigenvalue weighted by molar-refractivity contribution is 0.282. The normalized spacial score (nSPS) is 11.9. The fourth-order valence-corrected chi connectivity index (χ4v) is 1.72. The summed E-state index contributed by atoms with van der Waals surface area (Å²) in [5.74, 6) is 0. The van der Waals surface area contributed by atoms with Crippen molar-refractivity contribution in [3.63, 3.8) is 0 Å². The molecule has 0 rings (SSSR count). The molecule has 0 saturated heterocycles. The smallest absolute Gasteiger partial charge is 0.0431 e. The SMILES string of the molecule is C/C=C\C=C\CCCCCCCCCCO. The van der Waals surface area contributed by atoms with Crippen molar-refractivity contribution >= 4 is 0 Å². The Kier molecular flexibility index (Phi) is 13.9. The Hall–Kier alpha value is -0.560. The lowest BCUT2D eigenvalue weighted by Gasteiger charge is -2.00. The first-order chi connectivity index (χ1) is 7.91. The molecule has 0 aromatic heterocycles. The van der Waals surface area contributed by atoms with Gasteiger partial charge in [0, 0.05) is 6.61 Å². The highest BCUT2D eigenvalue weighted by molar-refractivity contribution is 5.00. The maximum atomic E-state index is 8.62. The van der Waals surface area contributed by atoms with Crippen molar-refractivity contribution in [1.82, 2.24) is 0 Å². The monoisotopic (exact) mass is 224 g/mol. The van der Waals surface area contributed by atoms with E-state index in [9.17, 15) is 0 Å². The molecule has 0 aromatic rings. The third-order valence-electron chi connectivity index (χ3n) is 2.72. The summed E-state index contributed by atoms with van der Waals surface area (Å²) in [6.07, 6.45) is 20.0. The van der Waals surface area contributed by atoms with Gasteiger partial charge in [0.15, 0.2) is 0 Å². The van der Waals surface area contributed by atoms with E-state index in [1.165, 1.54) is 51.4 Å². The number of rotatable bonds is 11. The second-order valence-electron chi connectivity index (χ2n) is 4.29. The van der Waals surface area contributed by atoms with Crippen LogP contribution in [0.25, 0.3) is 0 Å². The van der Waals surface area contributed by atoms with E-state index in [1.807, 2.05) is 6.92 Å². The van der Waals surface area contributed by atoms with Crippen LogP contribution in [-0.2, 0) is 0 Å². The molecule has 1 N–H and O–H groups in total. The summed E-state index contributed by atoms with van der Waals surface area (Å²) >= 11 is 0. The lowest BCUT2D eigenvalue weighted by atomic mass is 10.1. The van der Waals surface area contributed by atoms with Crippen LogP contribution in [0.4, 0.5) is 0 Å². The maximum Gasteiger partial charge on any atom is 0.0431 e. The van der Waals surface area contributed by atoms with Crippen LogP contribution in [0.15, 0.2) is 24.3 Å². The predicted octanol–water partition coefficient (Wildman–Crippen LogP) is 4.62. The fourth-order valence-electron chi connectivity index (χ4n) is 1.72. The van der Waals surface area contributed by atoms with Crippen molar-refractivity contribution in [1.29, 1.82) is 0 Å². The number of unbranched alkanes of at least 4 members (excludes halogenated alkanes) is 8. The molecule has 0 saturated carbocycles. The van der Waals surface area contributed by atoms with Crippen LogP contribution in [0, 0.1) is 0 Å². The van der Waals surface area contributed by atoms with Crippen molar-refractivity contribution < 1.29 is 5.11 Å². The standard InChI is InChI=1S/C15H28O/c1-2-3-4-5-6-7-8-9-10-11-12-13-14-15-16/h2-5,16H,6-15H2,1H3/b3-2-,5-4+. The van der Waals surface area contributed by atoms with Gasteiger partial charge in [-0.3, -0.25) is 0 Å². The van der Waals surface area contributed by atoms with Gasteiger partial charge in [0.1, 0.15) is 0 Å². The largest absolute Gasteiger partial charge is 0.396 e. The van der Waals surface area contributed by atoms with Crippen molar-refractivity contribution in [2.45, 2.75) is 64.7 Å². The summed E-state index contributed by atoms with van der Waals surface area (Å²) in [5, 5.41) is 8.62. The molecule has 0 fully saturated rings. The number of aliphatic hydroxyl groups excluding tert-OH is 1. The number of allylic oxidation sites excluding steroid dienone is 4. The molecule has 0 amide bonds. The lowest BCUT2D eigenvalue weighted by Crippen LogP contribution is -1.84. The molecule has 1 nitrogen and oxygen atoms in total. The molecule has 0 aliphatic heterocycles. The molecule has 0 aromatic carbocycles. The quantitative estimate of drug-likeness (QED) is 0.401. The molecule has 0 heterocycles. The zero-order chi connectivity index (χ0) is 11.9. The summed E-state index contributed by atoms with van der Waals surface area (Å²) in [4.78, 5) is 0. The van der Waals surface area contributed by atoms with E-state index >= 15 is 0 Å². The Morgan fingerprint density at radius 3 is 1.88 bits per heavy atom. The third kappa shape index (κ3) is 13.4. The highest BCUT2D eigenvalue weighted by Gasteiger charge is 1.90. The van der Waals surface area contributed by atoms with Crippen molar-refractivity contribution in [2.75, 3.05) is 6.61 Å². The first kappa shape index (κ1) is 15.4. The molecule has 0 spiro atoms. The second-order valence-corrected chi connectivity index (χ2v) is 4.29. The third-order valence-corrected chi connectivity index (χ3v) is 2.72. The van der Waals surface area contributed by atoms with Crippen LogP contribution in [0.1, 0.15) is 64.7 Å². The van der Waals surface area contributed by atoms with Gasteiger partial charge in [-0.05, 0) is 26.2 Å². The number of hydrogen-bond donors (Lipinski definition) is 1. The first-order valence-electron chi connectivity index (χ1n) is 6.80. The molecular formula is C15H28O. The van der Waals surface area contributed by atoms with Gasteiger partial charge in [-0.25, -0.2) is 0 Å². The molecule has 0 unspecified atom stereocenters. The fraction of sp³-hybridized carbons (Fsp3) is 0.733. The van der Waals surface area contributed by atoms with Crippen LogP contribution < -0.4 is 0 Å². The maximum absolute atomic E-state index is 8.62. The van der Waals surface area contributed by atoms with Crippen LogP contribution in [-0.4, -0.2) is 11.7 Å². The van der Waals surface area contributed by atoms with E-state index in [0.29, 0.717) is 6.61 Å². The molecule has 0 radical (unpaired) electrons. The van der Waals surface area contributed by atoms with E-state index in [0.717, 1.165) is 6.42 Å². The zero-order valence-corrected chi connectivity index (χ0v) is 10.8. The Balaban J connectivity index is 2.98. The Morgan fingerprint density at radius 1 is 0.750 bits per heavy atom. The molecule has 0 atom stereocenters. The van der Waals surface area contributed by atoms with Gasteiger partial charge in [-0.2, -0.15) is 0 Å². The summed E-state index contributed by atoms with van der Waals surface area (Å²) in [7, 11) is 0. The van der Waals surface area contributed by atoms with Gasteiger partial charge in [0.05, 0.1) is 0 Å². The van der Waals surface area contributed by atoms with Gasteiger partial charge < -0.3 is 5.11 Å². The number of aliphatic hydroxyl groups is 1. The van der Waals surface area contributed by atoms with Gasteiger partial charge in [0.2, 0.25) is 0 Å². The molecule has 1 heteroatoms. The van der Waals surface area contributed by atoms with E-state index in [-0.39, 0.29) is 0 Å². The summed E-state index contributed by atoms with van der Waals surface area (Å²) < 4.78 is 0. The van der Waals surface area contributed by atoms with Crippen molar-refractivity contribution in [3.8, 4) is 0 Å². The topological polar surface area (TPSA) is 20.2 Å². The molecular weight excluding hydrogens is 196 g/mol. The van der Waals surface area contributed by atoms with Crippen molar-refractivity contribution in [2.24, 2.45) is 0 Å². The minimum atomic E-state index is 0.360. The summed E-state index contributed by atoms with van der Waals surface area (Å²) in [5.41, 5.74) is 0. The first-order valence-corrected chi connectivity index (χ1v) is 6.80. The van der Waals surface area contributed by atoms with Crippen LogP contribution in [0.3, 0.4) is 0 Å². The van der Waals surface area contributed by atoms with Gasteiger partial charge in [-0.1, -0.05) is 62.8 Å². The second kappa shape index (κ2) is 14.4.